The first-order valence-corrected chi connectivity index (χ1v) is 4.67. The van der Waals surface area contributed by atoms with Crippen molar-refractivity contribution in [3.05, 3.63) is 11.6 Å². The van der Waals surface area contributed by atoms with E-state index >= 15 is 0 Å². The number of rotatable bonds is 6. The van der Waals surface area contributed by atoms with Crippen molar-refractivity contribution in [2.45, 2.75) is 39.5 Å². The Kier molecular flexibility index (Phi) is 7.59. The van der Waals surface area contributed by atoms with Gasteiger partial charge in [-0.05, 0) is 39.3 Å². The molecule has 0 fully saturated rings. The molecule has 0 atom stereocenters. The predicted octanol–water partition coefficient (Wildman–Crippen LogP) is 2.73. The minimum Gasteiger partial charge on any atom is -0.320 e. The summed E-state index contributed by atoms with van der Waals surface area (Å²) in [5, 5.41) is 3.16. The Morgan fingerprint density at radius 2 is 2.09 bits per heavy atom. The third kappa shape index (κ3) is 6.11. The zero-order valence-electron chi connectivity index (χ0n) is 8.11. The second kappa shape index (κ2) is 7.80. The molecule has 1 nitrogen and oxygen atoms in total. The first-order valence-electron chi connectivity index (χ1n) is 4.67. The van der Waals surface area contributed by atoms with Gasteiger partial charge in [0.2, 0.25) is 0 Å². The Morgan fingerprint density at radius 1 is 1.36 bits per heavy atom. The van der Waals surface area contributed by atoms with Gasteiger partial charge in [-0.25, -0.2) is 0 Å². The Hall–Kier alpha value is -0.300. The van der Waals surface area contributed by atoms with Crippen LogP contribution in [0.3, 0.4) is 0 Å². The third-order valence-electron chi connectivity index (χ3n) is 1.87. The van der Waals surface area contributed by atoms with Gasteiger partial charge >= 0.3 is 0 Å². The van der Waals surface area contributed by atoms with Crippen LogP contribution >= 0.6 is 0 Å². The normalized spacial score (nSPS) is 12.1. The van der Waals surface area contributed by atoms with E-state index in [1.165, 1.54) is 25.7 Å². The van der Waals surface area contributed by atoms with Crippen LogP contribution in [-0.2, 0) is 0 Å². The van der Waals surface area contributed by atoms with E-state index in [4.69, 9.17) is 0 Å². The van der Waals surface area contributed by atoms with Crippen LogP contribution in [0, 0.1) is 0 Å². The summed E-state index contributed by atoms with van der Waals surface area (Å²) in [6.07, 6.45) is 7.30. The van der Waals surface area contributed by atoms with Gasteiger partial charge in [-0.2, -0.15) is 0 Å². The highest BCUT2D eigenvalue weighted by Crippen LogP contribution is 2.09. The highest BCUT2D eigenvalue weighted by atomic mass is 14.8. The average Bonchev–Trinajstić information content (AvgIpc) is 2.03. The summed E-state index contributed by atoms with van der Waals surface area (Å²) in [5.74, 6) is 0. The summed E-state index contributed by atoms with van der Waals surface area (Å²) >= 11 is 0. The Labute approximate surface area is 70.9 Å². The van der Waals surface area contributed by atoms with Crippen LogP contribution in [-0.4, -0.2) is 13.6 Å². The van der Waals surface area contributed by atoms with E-state index in [0.717, 1.165) is 6.54 Å². The van der Waals surface area contributed by atoms with Gasteiger partial charge in [-0.3, -0.25) is 0 Å². The van der Waals surface area contributed by atoms with Crippen molar-refractivity contribution in [2.75, 3.05) is 13.6 Å². The molecule has 0 saturated carbocycles. The van der Waals surface area contributed by atoms with Crippen molar-refractivity contribution >= 4 is 0 Å². The lowest BCUT2D eigenvalue weighted by molar-refractivity contribution is 0.708. The van der Waals surface area contributed by atoms with Crippen LogP contribution in [0.1, 0.15) is 39.5 Å². The SMILES string of the molecule is CCC=C(CC)CCCNC. The smallest absolute Gasteiger partial charge is 0.00489 e. The molecule has 0 rings (SSSR count). The van der Waals surface area contributed by atoms with Gasteiger partial charge in [-0.1, -0.05) is 25.5 Å². The first-order chi connectivity index (χ1) is 5.35. The minimum atomic E-state index is 1.14. The fourth-order valence-electron chi connectivity index (χ4n) is 1.20. The maximum absolute atomic E-state index is 3.16. The topological polar surface area (TPSA) is 12.0 Å². The molecule has 0 heterocycles. The van der Waals surface area contributed by atoms with E-state index < -0.39 is 0 Å². The number of allylic oxidation sites excluding steroid dienone is 2. The second-order valence-electron chi connectivity index (χ2n) is 2.83. The zero-order chi connectivity index (χ0) is 8.53. The van der Waals surface area contributed by atoms with Crippen molar-refractivity contribution in [3.8, 4) is 0 Å². The number of nitrogens with one attached hydrogen (secondary N) is 1. The molecule has 0 saturated heterocycles. The highest BCUT2D eigenvalue weighted by Gasteiger charge is 1.92. The lowest BCUT2D eigenvalue weighted by Gasteiger charge is -2.03. The summed E-state index contributed by atoms with van der Waals surface area (Å²) < 4.78 is 0. The molecule has 0 radical (unpaired) electrons. The van der Waals surface area contributed by atoms with Crippen LogP contribution in [0.5, 0.6) is 0 Å². The maximum Gasteiger partial charge on any atom is -0.00489 e. The van der Waals surface area contributed by atoms with E-state index in [1.54, 1.807) is 5.57 Å². The number of hydrogen-bond donors (Lipinski definition) is 1. The summed E-state index contributed by atoms with van der Waals surface area (Å²) in [7, 11) is 2.01. The molecule has 0 spiro atoms. The molecule has 0 amide bonds. The van der Waals surface area contributed by atoms with Gasteiger partial charge in [0.15, 0.2) is 0 Å². The summed E-state index contributed by atoms with van der Waals surface area (Å²) in [5.41, 5.74) is 1.61. The quantitative estimate of drug-likeness (QED) is 0.459. The fraction of sp³-hybridized carbons (Fsp3) is 0.800. The molecule has 0 bridgehead atoms. The third-order valence-corrected chi connectivity index (χ3v) is 1.87. The minimum absolute atomic E-state index is 1.14. The molecular formula is C10H21N. The van der Waals surface area contributed by atoms with E-state index in [1.807, 2.05) is 7.05 Å². The molecule has 0 aliphatic carbocycles. The predicted molar refractivity (Wildman–Crippen MR) is 51.8 cm³/mol. The molecule has 0 unspecified atom stereocenters. The summed E-state index contributed by atoms with van der Waals surface area (Å²) in [6, 6.07) is 0. The van der Waals surface area contributed by atoms with Crippen molar-refractivity contribution in [1.29, 1.82) is 0 Å². The van der Waals surface area contributed by atoms with E-state index in [9.17, 15) is 0 Å². The van der Waals surface area contributed by atoms with Crippen molar-refractivity contribution in [3.63, 3.8) is 0 Å². The fourth-order valence-corrected chi connectivity index (χ4v) is 1.20. The van der Waals surface area contributed by atoms with Crippen molar-refractivity contribution in [1.82, 2.24) is 5.32 Å². The summed E-state index contributed by atoms with van der Waals surface area (Å²) in [6.45, 7) is 5.58. The Bertz CT molecular complexity index is 105. The second-order valence-corrected chi connectivity index (χ2v) is 2.83. The van der Waals surface area contributed by atoms with Crippen molar-refractivity contribution in [2.24, 2.45) is 0 Å². The van der Waals surface area contributed by atoms with Gasteiger partial charge in [-0.15, -0.1) is 0 Å². The molecule has 1 N–H and O–H groups in total. The molecule has 0 aromatic rings. The first kappa shape index (κ1) is 10.7. The largest absolute Gasteiger partial charge is 0.320 e. The highest BCUT2D eigenvalue weighted by molar-refractivity contribution is 5.00. The molecular weight excluding hydrogens is 134 g/mol. The van der Waals surface area contributed by atoms with E-state index in [2.05, 4.69) is 25.2 Å². The molecule has 0 aromatic heterocycles. The van der Waals surface area contributed by atoms with Gasteiger partial charge in [0, 0.05) is 0 Å². The standard InChI is InChI=1S/C10H21N/c1-4-7-10(5-2)8-6-9-11-3/h7,11H,4-6,8-9H2,1-3H3. The van der Waals surface area contributed by atoms with Gasteiger partial charge in [0.1, 0.15) is 0 Å². The molecule has 11 heavy (non-hydrogen) atoms. The lowest BCUT2D eigenvalue weighted by Crippen LogP contribution is -2.07. The molecule has 0 aromatic carbocycles. The summed E-state index contributed by atoms with van der Waals surface area (Å²) in [4.78, 5) is 0. The molecule has 0 aliphatic rings. The lowest BCUT2D eigenvalue weighted by atomic mass is 10.1. The van der Waals surface area contributed by atoms with Gasteiger partial charge in [0.05, 0.1) is 0 Å². The van der Waals surface area contributed by atoms with Gasteiger partial charge in [0.25, 0.3) is 0 Å². The number of hydrogen-bond acceptors (Lipinski definition) is 1. The van der Waals surface area contributed by atoms with Gasteiger partial charge < -0.3 is 5.32 Å². The van der Waals surface area contributed by atoms with Crippen LogP contribution in [0.15, 0.2) is 11.6 Å². The monoisotopic (exact) mass is 155 g/mol. The Balaban J connectivity index is 3.44. The van der Waals surface area contributed by atoms with Crippen LogP contribution < -0.4 is 5.32 Å². The van der Waals surface area contributed by atoms with Crippen molar-refractivity contribution < 1.29 is 0 Å². The molecule has 0 aliphatic heterocycles. The van der Waals surface area contributed by atoms with Crippen LogP contribution in [0.4, 0.5) is 0 Å². The zero-order valence-corrected chi connectivity index (χ0v) is 8.11. The molecule has 1 heteroatoms. The molecule has 66 valence electrons. The maximum atomic E-state index is 3.16. The Morgan fingerprint density at radius 3 is 2.55 bits per heavy atom. The van der Waals surface area contributed by atoms with Crippen LogP contribution in [0.25, 0.3) is 0 Å². The van der Waals surface area contributed by atoms with E-state index in [-0.39, 0.29) is 0 Å². The average molecular weight is 155 g/mol. The van der Waals surface area contributed by atoms with E-state index in [0.29, 0.717) is 0 Å². The van der Waals surface area contributed by atoms with Crippen LogP contribution in [0.2, 0.25) is 0 Å².